The average molecular weight is 384 g/mol. The van der Waals surface area contributed by atoms with Crippen molar-refractivity contribution in [3.8, 4) is 33.9 Å². The average Bonchev–Trinajstić information content (AvgIpc) is 3.36. The fourth-order valence-corrected chi connectivity index (χ4v) is 3.97. The molecule has 0 unspecified atom stereocenters. The molecule has 1 aromatic carbocycles. The molecule has 5 nitrogen and oxygen atoms in total. The summed E-state index contributed by atoms with van der Waals surface area (Å²) in [5, 5.41) is 14.2. The van der Waals surface area contributed by atoms with Gasteiger partial charge in [0.1, 0.15) is 11.1 Å². The third kappa shape index (κ3) is 3.57. The number of allylic oxidation sites excluding steroid dienone is 1. The molecule has 0 amide bonds. The number of thiazole rings is 1. The Balaban J connectivity index is 2.01. The summed E-state index contributed by atoms with van der Waals surface area (Å²) in [7, 11) is 4.67. The van der Waals surface area contributed by atoms with Crippen molar-refractivity contribution in [3.63, 3.8) is 0 Å². The lowest BCUT2D eigenvalue weighted by atomic mass is 10.1. The number of thiophene rings is 1. The molecule has 26 heavy (non-hydrogen) atoms. The molecule has 3 rings (SSSR count). The molecule has 7 heteroatoms. The Kier molecular flexibility index (Phi) is 5.56. The first kappa shape index (κ1) is 18.0. The fourth-order valence-electron chi connectivity index (χ4n) is 2.43. The van der Waals surface area contributed by atoms with Crippen LogP contribution in [0.25, 0.3) is 22.2 Å². The zero-order valence-electron chi connectivity index (χ0n) is 14.5. The summed E-state index contributed by atoms with van der Waals surface area (Å²) in [6.45, 7) is 0. The zero-order chi connectivity index (χ0) is 18.5. The van der Waals surface area contributed by atoms with E-state index >= 15 is 0 Å². The van der Waals surface area contributed by atoms with E-state index < -0.39 is 0 Å². The summed E-state index contributed by atoms with van der Waals surface area (Å²) < 4.78 is 16.1. The Labute approximate surface area is 159 Å². The molecule has 0 N–H and O–H groups in total. The Morgan fingerprint density at radius 3 is 2.38 bits per heavy atom. The van der Waals surface area contributed by atoms with Gasteiger partial charge >= 0.3 is 0 Å². The summed E-state index contributed by atoms with van der Waals surface area (Å²) in [5.74, 6) is 1.59. The molecule has 0 aliphatic carbocycles. The van der Waals surface area contributed by atoms with Gasteiger partial charge in [-0.25, -0.2) is 4.98 Å². The van der Waals surface area contributed by atoms with Gasteiger partial charge < -0.3 is 14.2 Å². The molecule has 0 radical (unpaired) electrons. The van der Waals surface area contributed by atoms with Crippen molar-refractivity contribution in [2.24, 2.45) is 0 Å². The standard InChI is InChI=1S/C19H16N2O3S2/c1-22-15-8-12(9-16(23-2)18(15)24-3)7-13(10-20)19-21-14(11-26-19)17-5-4-6-25-17/h4-9,11H,1-3H3/b13-7-. The number of hydrogen-bond donors (Lipinski definition) is 0. The fraction of sp³-hybridized carbons (Fsp3) is 0.158. The van der Waals surface area contributed by atoms with Gasteiger partial charge in [0, 0.05) is 5.38 Å². The van der Waals surface area contributed by atoms with Crippen LogP contribution in [-0.4, -0.2) is 26.3 Å². The molecule has 0 bridgehead atoms. The number of rotatable bonds is 6. The van der Waals surface area contributed by atoms with Crippen molar-refractivity contribution < 1.29 is 14.2 Å². The highest BCUT2D eigenvalue weighted by atomic mass is 32.1. The van der Waals surface area contributed by atoms with E-state index in [0.29, 0.717) is 27.8 Å². The highest BCUT2D eigenvalue weighted by molar-refractivity contribution is 7.14. The molecular formula is C19H16N2O3S2. The topological polar surface area (TPSA) is 64.4 Å². The van der Waals surface area contributed by atoms with E-state index in [1.807, 2.05) is 22.9 Å². The van der Waals surface area contributed by atoms with Crippen molar-refractivity contribution >= 4 is 34.3 Å². The predicted molar refractivity (Wildman–Crippen MR) is 105 cm³/mol. The number of aromatic nitrogens is 1. The highest BCUT2D eigenvalue weighted by Gasteiger charge is 2.14. The Morgan fingerprint density at radius 1 is 1.12 bits per heavy atom. The van der Waals surface area contributed by atoms with Crippen molar-refractivity contribution in [3.05, 3.63) is 45.6 Å². The molecule has 0 fully saturated rings. The van der Waals surface area contributed by atoms with Crippen LogP contribution in [0, 0.1) is 11.3 Å². The Morgan fingerprint density at radius 2 is 1.85 bits per heavy atom. The van der Waals surface area contributed by atoms with Gasteiger partial charge in [-0.2, -0.15) is 5.26 Å². The van der Waals surface area contributed by atoms with E-state index in [1.54, 1.807) is 50.9 Å². The van der Waals surface area contributed by atoms with Crippen LogP contribution in [0.1, 0.15) is 10.6 Å². The summed E-state index contributed by atoms with van der Waals surface area (Å²) in [6.07, 6.45) is 1.77. The number of benzene rings is 1. The van der Waals surface area contributed by atoms with Gasteiger partial charge in [-0.05, 0) is 35.2 Å². The summed E-state index contributed by atoms with van der Waals surface area (Å²) in [4.78, 5) is 5.67. The molecular weight excluding hydrogens is 368 g/mol. The van der Waals surface area contributed by atoms with Gasteiger partial charge in [-0.3, -0.25) is 0 Å². The van der Waals surface area contributed by atoms with E-state index in [9.17, 15) is 5.26 Å². The minimum absolute atomic E-state index is 0.479. The van der Waals surface area contributed by atoms with Crippen molar-refractivity contribution in [1.29, 1.82) is 5.26 Å². The van der Waals surface area contributed by atoms with Gasteiger partial charge in [0.05, 0.1) is 37.5 Å². The van der Waals surface area contributed by atoms with E-state index in [0.717, 1.165) is 16.1 Å². The molecule has 0 aliphatic rings. The van der Waals surface area contributed by atoms with Crippen LogP contribution in [0.4, 0.5) is 0 Å². The normalized spacial score (nSPS) is 11.1. The van der Waals surface area contributed by atoms with E-state index in [-0.39, 0.29) is 0 Å². The van der Waals surface area contributed by atoms with Crippen LogP contribution in [0.2, 0.25) is 0 Å². The van der Waals surface area contributed by atoms with Gasteiger partial charge in [0.15, 0.2) is 11.5 Å². The molecule has 2 heterocycles. The van der Waals surface area contributed by atoms with E-state index in [4.69, 9.17) is 14.2 Å². The van der Waals surface area contributed by atoms with Gasteiger partial charge in [0.2, 0.25) is 5.75 Å². The first-order chi connectivity index (χ1) is 12.7. The lowest BCUT2D eigenvalue weighted by molar-refractivity contribution is 0.324. The maximum atomic E-state index is 9.60. The first-order valence-corrected chi connectivity index (χ1v) is 9.37. The van der Waals surface area contributed by atoms with Crippen LogP contribution in [0.15, 0.2) is 35.0 Å². The maximum Gasteiger partial charge on any atom is 0.203 e. The minimum atomic E-state index is 0.479. The molecule has 0 spiro atoms. The molecule has 2 aromatic heterocycles. The van der Waals surface area contributed by atoms with Crippen molar-refractivity contribution in [1.82, 2.24) is 4.98 Å². The maximum absolute atomic E-state index is 9.60. The van der Waals surface area contributed by atoms with Crippen molar-refractivity contribution in [2.75, 3.05) is 21.3 Å². The number of hydrogen-bond acceptors (Lipinski definition) is 7. The van der Waals surface area contributed by atoms with Crippen LogP contribution < -0.4 is 14.2 Å². The summed E-state index contributed by atoms with van der Waals surface area (Å²) in [6, 6.07) is 9.82. The first-order valence-electron chi connectivity index (χ1n) is 7.61. The number of nitriles is 1. The molecule has 0 saturated heterocycles. The van der Waals surface area contributed by atoms with Crippen LogP contribution in [0.5, 0.6) is 17.2 Å². The summed E-state index contributed by atoms with van der Waals surface area (Å²) >= 11 is 3.07. The third-order valence-corrected chi connectivity index (χ3v) is 5.39. The molecule has 3 aromatic rings. The Bertz CT molecular complexity index is 944. The molecule has 0 aliphatic heterocycles. The zero-order valence-corrected chi connectivity index (χ0v) is 16.1. The molecule has 0 atom stereocenters. The van der Waals surface area contributed by atoms with Crippen LogP contribution in [-0.2, 0) is 0 Å². The second-order valence-corrected chi connectivity index (χ2v) is 6.95. The second-order valence-electron chi connectivity index (χ2n) is 5.14. The monoisotopic (exact) mass is 384 g/mol. The van der Waals surface area contributed by atoms with Gasteiger partial charge in [-0.15, -0.1) is 22.7 Å². The number of methoxy groups -OCH3 is 3. The lowest BCUT2D eigenvalue weighted by Crippen LogP contribution is -1.95. The number of ether oxygens (including phenoxy) is 3. The van der Waals surface area contributed by atoms with Crippen LogP contribution >= 0.6 is 22.7 Å². The quantitative estimate of drug-likeness (QED) is 0.562. The molecule has 0 saturated carbocycles. The van der Waals surface area contributed by atoms with Crippen molar-refractivity contribution in [2.45, 2.75) is 0 Å². The smallest absolute Gasteiger partial charge is 0.203 e. The SMILES string of the molecule is COc1cc(/C=C(/C#N)c2nc(-c3cccs3)cs2)cc(OC)c1OC. The Hall–Kier alpha value is -2.82. The molecule has 132 valence electrons. The van der Waals surface area contributed by atoms with Gasteiger partial charge in [0.25, 0.3) is 0 Å². The largest absolute Gasteiger partial charge is 0.493 e. The third-order valence-electron chi connectivity index (χ3n) is 3.63. The van der Waals surface area contributed by atoms with E-state index in [2.05, 4.69) is 11.1 Å². The second kappa shape index (κ2) is 8.04. The number of nitrogens with zero attached hydrogens (tertiary/aromatic N) is 2. The summed E-state index contributed by atoms with van der Waals surface area (Å²) in [5.41, 5.74) is 2.13. The lowest BCUT2D eigenvalue weighted by Gasteiger charge is -2.13. The minimum Gasteiger partial charge on any atom is -0.493 e. The highest BCUT2D eigenvalue weighted by Crippen LogP contribution is 2.39. The van der Waals surface area contributed by atoms with Gasteiger partial charge in [-0.1, -0.05) is 6.07 Å². The van der Waals surface area contributed by atoms with E-state index in [1.165, 1.54) is 11.3 Å². The van der Waals surface area contributed by atoms with Crippen LogP contribution in [0.3, 0.4) is 0 Å². The predicted octanol–water partition coefficient (Wildman–Crippen LogP) is 4.96.